The minimum absolute atomic E-state index is 0.0598. The molecule has 0 radical (unpaired) electrons. The minimum Gasteiger partial charge on any atom is -0.377 e. The standard InChI is InChI=1S/C16H22N2O4S2/c19-16(18-6-9-23-10-7-18)13-3-1-5-15(11-13)24(20,21)17-12-14-4-2-8-22-14/h1,3,5,11,14,17H,2,4,6-10,12H2. The van der Waals surface area contributed by atoms with Gasteiger partial charge in [-0.2, -0.15) is 11.8 Å². The lowest BCUT2D eigenvalue weighted by Gasteiger charge is -2.26. The van der Waals surface area contributed by atoms with Crippen molar-refractivity contribution in [2.75, 3.05) is 37.7 Å². The van der Waals surface area contributed by atoms with E-state index in [1.54, 1.807) is 17.0 Å². The number of hydrogen-bond acceptors (Lipinski definition) is 5. The summed E-state index contributed by atoms with van der Waals surface area (Å²) in [5.74, 6) is 1.74. The molecule has 1 aromatic rings. The van der Waals surface area contributed by atoms with Crippen molar-refractivity contribution in [1.82, 2.24) is 9.62 Å². The molecule has 2 aliphatic heterocycles. The topological polar surface area (TPSA) is 75.7 Å². The van der Waals surface area contributed by atoms with Gasteiger partial charge in [-0.05, 0) is 31.0 Å². The molecule has 132 valence electrons. The van der Waals surface area contributed by atoms with Crippen molar-refractivity contribution in [3.8, 4) is 0 Å². The Labute approximate surface area is 147 Å². The van der Waals surface area contributed by atoms with E-state index in [1.807, 2.05) is 11.8 Å². The molecule has 2 fully saturated rings. The minimum atomic E-state index is -3.64. The van der Waals surface area contributed by atoms with Crippen molar-refractivity contribution in [2.24, 2.45) is 0 Å². The zero-order valence-electron chi connectivity index (χ0n) is 13.4. The number of thioether (sulfide) groups is 1. The Kier molecular flexibility index (Phi) is 5.80. The molecule has 2 saturated heterocycles. The van der Waals surface area contributed by atoms with Crippen LogP contribution in [-0.2, 0) is 14.8 Å². The lowest BCUT2D eigenvalue weighted by molar-refractivity contribution is 0.0772. The number of nitrogens with zero attached hydrogens (tertiary/aromatic N) is 1. The van der Waals surface area contributed by atoms with E-state index in [0.717, 1.165) is 24.3 Å². The maximum absolute atomic E-state index is 12.5. The van der Waals surface area contributed by atoms with Gasteiger partial charge in [0.15, 0.2) is 0 Å². The fourth-order valence-electron chi connectivity index (χ4n) is 2.84. The summed E-state index contributed by atoms with van der Waals surface area (Å²) in [6, 6.07) is 6.26. The summed E-state index contributed by atoms with van der Waals surface area (Å²) in [4.78, 5) is 14.4. The number of sulfonamides is 1. The van der Waals surface area contributed by atoms with Crippen molar-refractivity contribution in [1.29, 1.82) is 0 Å². The van der Waals surface area contributed by atoms with Crippen LogP contribution in [0.15, 0.2) is 29.2 Å². The lowest BCUT2D eigenvalue weighted by Crippen LogP contribution is -2.38. The van der Waals surface area contributed by atoms with Gasteiger partial charge in [0.2, 0.25) is 10.0 Å². The highest BCUT2D eigenvalue weighted by Crippen LogP contribution is 2.17. The second kappa shape index (κ2) is 7.86. The Morgan fingerprint density at radius 3 is 2.83 bits per heavy atom. The average Bonchev–Trinajstić information content (AvgIpc) is 3.14. The fourth-order valence-corrected chi connectivity index (χ4v) is 4.85. The third-order valence-electron chi connectivity index (χ3n) is 4.21. The second-order valence-corrected chi connectivity index (χ2v) is 8.91. The second-order valence-electron chi connectivity index (χ2n) is 5.92. The molecule has 1 atom stereocenters. The van der Waals surface area contributed by atoms with Crippen LogP contribution >= 0.6 is 11.8 Å². The number of ether oxygens (including phenoxy) is 1. The van der Waals surface area contributed by atoms with Crippen molar-refractivity contribution < 1.29 is 17.9 Å². The summed E-state index contributed by atoms with van der Waals surface area (Å²) in [6.07, 6.45) is 1.77. The summed E-state index contributed by atoms with van der Waals surface area (Å²) in [7, 11) is -3.64. The van der Waals surface area contributed by atoms with Crippen LogP contribution in [0.25, 0.3) is 0 Å². The van der Waals surface area contributed by atoms with Crippen LogP contribution in [0.2, 0.25) is 0 Å². The monoisotopic (exact) mass is 370 g/mol. The van der Waals surface area contributed by atoms with Crippen LogP contribution in [-0.4, -0.2) is 63.1 Å². The summed E-state index contributed by atoms with van der Waals surface area (Å²) in [5, 5.41) is 0. The number of nitrogens with one attached hydrogen (secondary N) is 1. The summed E-state index contributed by atoms with van der Waals surface area (Å²) >= 11 is 1.83. The van der Waals surface area contributed by atoms with Gasteiger partial charge in [0.1, 0.15) is 0 Å². The van der Waals surface area contributed by atoms with E-state index in [-0.39, 0.29) is 23.5 Å². The third-order valence-corrected chi connectivity index (χ3v) is 6.58. The highest BCUT2D eigenvalue weighted by atomic mass is 32.2. The summed E-state index contributed by atoms with van der Waals surface area (Å²) < 4.78 is 32.9. The van der Waals surface area contributed by atoms with Crippen molar-refractivity contribution >= 4 is 27.7 Å². The molecule has 24 heavy (non-hydrogen) atoms. The molecule has 0 saturated carbocycles. The highest BCUT2D eigenvalue weighted by Gasteiger charge is 2.23. The first-order valence-electron chi connectivity index (χ1n) is 8.14. The van der Waals surface area contributed by atoms with Crippen LogP contribution in [0, 0.1) is 0 Å². The lowest BCUT2D eigenvalue weighted by atomic mass is 10.2. The van der Waals surface area contributed by atoms with E-state index in [4.69, 9.17) is 4.74 Å². The molecule has 2 heterocycles. The molecule has 0 bridgehead atoms. The fraction of sp³-hybridized carbons (Fsp3) is 0.562. The van der Waals surface area contributed by atoms with Crippen LogP contribution in [0.1, 0.15) is 23.2 Å². The smallest absolute Gasteiger partial charge is 0.253 e. The number of benzene rings is 1. The number of amides is 1. The highest BCUT2D eigenvalue weighted by molar-refractivity contribution is 7.99. The Morgan fingerprint density at radius 1 is 1.33 bits per heavy atom. The van der Waals surface area contributed by atoms with Crippen LogP contribution in [0.3, 0.4) is 0 Å². The molecule has 3 rings (SSSR count). The SMILES string of the molecule is O=C(c1cccc(S(=O)(=O)NCC2CCCO2)c1)N1CCSCC1. The molecule has 0 aliphatic carbocycles. The summed E-state index contributed by atoms with van der Waals surface area (Å²) in [6.45, 7) is 2.36. The van der Waals surface area contributed by atoms with Gasteiger partial charge in [-0.25, -0.2) is 13.1 Å². The molecular formula is C16H22N2O4S2. The summed E-state index contributed by atoms with van der Waals surface area (Å²) in [5.41, 5.74) is 0.418. The molecule has 2 aliphatic rings. The first kappa shape index (κ1) is 17.7. The normalized spacial score (nSPS) is 21.8. The zero-order valence-corrected chi connectivity index (χ0v) is 15.1. The molecule has 1 amide bonds. The molecule has 0 aromatic heterocycles. The number of carbonyl (C=O) groups is 1. The first-order chi connectivity index (χ1) is 11.6. The van der Waals surface area contributed by atoms with Crippen LogP contribution in [0.4, 0.5) is 0 Å². The van der Waals surface area contributed by atoms with Crippen molar-refractivity contribution in [2.45, 2.75) is 23.8 Å². The Morgan fingerprint density at radius 2 is 2.12 bits per heavy atom. The quantitative estimate of drug-likeness (QED) is 0.846. The van der Waals surface area contributed by atoms with Crippen LogP contribution < -0.4 is 4.72 Å². The largest absolute Gasteiger partial charge is 0.377 e. The van der Waals surface area contributed by atoms with Gasteiger partial charge in [0.05, 0.1) is 11.0 Å². The molecule has 6 nitrogen and oxygen atoms in total. The number of rotatable bonds is 5. The Bertz CT molecular complexity index is 681. The van der Waals surface area contributed by atoms with Crippen LogP contribution in [0.5, 0.6) is 0 Å². The Hall–Kier alpha value is -1.09. The van der Waals surface area contributed by atoms with E-state index in [2.05, 4.69) is 4.72 Å². The van der Waals surface area contributed by atoms with Gasteiger partial charge in [-0.3, -0.25) is 4.79 Å². The van der Waals surface area contributed by atoms with E-state index in [0.29, 0.717) is 25.3 Å². The Balaban J connectivity index is 1.70. The maximum atomic E-state index is 12.5. The average molecular weight is 370 g/mol. The maximum Gasteiger partial charge on any atom is 0.253 e. The van der Waals surface area contributed by atoms with Gasteiger partial charge >= 0.3 is 0 Å². The molecule has 1 unspecified atom stereocenters. The van der Waals surface area contributed by atoms with Gasteiger partial charge < -0.3 is 9.64 Å². The van der Waals surface area contributed by atoms with E-state index in [1.165, 1.54) is 12.1 Å². The van der Waals surface area contributed by atoms with Crippen molar-refractivity contribution in [3.63, 3.8) is 0 Å². The van der Waals surface area contributed by atoms with E-state index >= 15 is 0 Å². The molecular weight excluding hydrogens is 348 g/mol. The van der Waals surface area contributed by atoms with Gasteiger partial charge in [-0.15, -0.1) is 0 Å². The molecule has 1 N–H and O–H groups in total. The van der Waals surface area contributed by atoms with E-state index in [9.17, 15) is 13.2 Å². The number of carbonyl (C=O) groups excluding carboxylic acids is 1. The zero-order chi connectivity index (χ0) is 17.0. The predicted octanol–water partition coefficient (Wildman–Crippen LogP) is 1.33. The van der Waals surface area contributed by atoms with E-state index < -0.39 is 10.0 Å². The molecule has 0 spiro atoms. The van der Waals surface area contributed by atoms with Gasteiger partial charge in [0, 0.05) is 43.3 Å². The number of hydrogen-bond donors (Lipinski definition) is 1. The van der Waals surface area contributed by atoms with Gasteiger partial charge in [-0.1, -0.05) is 6.07 Å². The predicted molar refractivity (Wildman–Crippen MR) is 93.8 cm³/mol. The first-order valence-corrected chi connectivity index (χ1v) is 10.8. The third kappa shape index (κ3) is 4.30. The van der Waals surface area contributed by atoms with Crippen molar-refractivity contribution in [3.05, 3.63) is 29.8 Å². The molecule has 1 aromatic carbocycles. The van der Waals surface area contributed by atoms with Gasteiger partial charge in [0.25, 0.3) is 5.91 Å². The molecule has 8 heteroatoms.